The Hall–Kier alpha value is -0.790. The number of nitrogens with one attached hydrogen (secondary N) is 1. The van der Waals surface area contributed by atoms with Crippen LogP contribution in [0.2, 0.25) is 0 Å². The molecule has 0 radical (unpaired) electrons. The van der Waals surface area contributed by atoms with Crippen molar-refractivity contribution in [2.24, 2.45) is 5.92 Å². The molecule has 18 heavy (non-hydrogen) atoms. The number of alkyl halides is 4. The number of imide groups is 1. The zero-order valence-corrected chi connectivity index (χ0v) is 11.6. The van der Waals surface area contributed by atoms with E-state index in [9.17, 15) is 22.8 Å². The average Bonchev–Trinajstić information content (AvgIpc) is 2.48. The lowest BCUT2D eigenvalue weighted by Gasteiger charge is -2.25. The lowest BCUT2D eigenvalue weighted by molar-refractivity contribution is -0.191. The number of halogens is 4. The molecule has 1 aliphatic rings. The summed E-state index contributed by atoms with van der Waals surface area (Å²) in [6, 6.07) is -0.987. The molecule has 0 saturated carbocycles. The maximum atomic E-state index is 12.8. The molecule has 4 nitrogen and oxygen atoms in total. The third-order valence-corrected chi connectivity index (χ3v) is 3.99. The van der Waals surface area contributed by atoms with Gasteiger partial charge in [-0.1, -0.05) is 29.3 Å². The van der Waals surface area contributed by atoms with Crippen molar-refractivity contribution in [3.63, 3.8) is 0 Å². The highest BCUT2D eigenvalue weighted by atomic mass is 79.9. The van der Waals surface area contributed by atoms with E-state index in [-0.39, 0.29) is 12.5 Å². The van der Waals surface area contributed by atoms with Gasteiger partial charge in [-0.3, -0.25) is 9.69 Å². The molecule has 0 aromatic rings. The maximum Gasteiger partial charge on any atom is 0.420 e. The van der Waals surface area contributed by atoms with Crippen molar-refractivity contribution >= 4 is 27.9 Å². The Morgan fingerprint density at radius 1 is 1.44 bits per heavy atom. The first-order chi connectivity index (χ1) is 8.17. The number of hydrogen-bond acceptors (Lipinski definition) is 2. The van der Waals surface area contributed by atoms with Gasteiger partial charge in [0.1, 0.15) is 0 Å². The highest BCUT2D eigenvalue weighted by Crippen LogP contribution is 2.35. The molecule has 1 N–H and O–H groups in total. The van der Waals surface area contributed by atoms with E-state index in [2.05, 4.69) is 15.9 Å². The minimum atomic E-state index is -4.80. The summed E-state index contributed by atoms with van der Waals surface area (Å²) in [6.07, 6.45) is -4.14. The predicted molar refractivity (Wildman–Crippen MR) is 62.3 cm³/mol. The molecule has 0 aromatic carbocycles. The monoisotopic (exact) mass is 330 g/mol. The summed E-state index contributed by atoms with van der Waals surface area (Å²) in [7, 11) is 0. The first-order valence-electron chi connectivity index (χ1n) is 5.44. The predicted octanol–water partition coefficient (Wildman–Crippen LogP) is 2.28. The van der Waals surface area contributed by atoms with Crippen LogP contribution in [-0.2, 0) is 4.79 Å². The Labute approximate surface area is 111 Å². The van der Waals surface area contributed by atoms with Crippen molar-refractivity contribution in [1.29, 1.82) is 0 Å². The Bertz CT molecular complexity index is 358. The molecule has 8 heteroatoms. The second-order valence-corrected chi connectivity index (χ2v) is 5.04. The van der Waals surface area contributed by atoms with Gasteiger partial charge in [0.25, 0.3) is 5.91 Å². The number of hydrogen-bond donors (Lipinski definition) is 1. The number of rotatable bonds is 4. The van der Waals surface area contributed by atoms with Gasteiger partial charge >= 0.3 is 12.2 Å². The summed E-state index contributed by atoms with van der Waals surface area (Å²) in [5.41, 5.74) is -2.81. The smallest absolute Gasteiger partial charge is 0.316 e. The van der Waals surface area contributed by atoms with Crippen LogP contribution in [0.3, 0.4) is 0 Å². The van der Waals surface area contributed by atoms with Crippen molar-refractivity contribution < 1.29 is 22.8 Å². The third-order valence-electron chi connectivity index (χ3n) is 3.08. The molecule has 1 fully saturated rings. The van der Waals surface area contributed by atoms with Crippen molar-refractivity contribution in [2.45, 2.75) is 32.0 Å². The van der Waals surface area contributed by atoms with Crippen LogP contribution in [0.25, 0.3) is 0 Å². The molecule has 0 aliphatic carbocycles. The maximum absolute atomic E-state index is 12.8. The Kier molecular flexibility index (Phi) is 4.30. The largest absolute Gasteiger partial charge is 0.420 e. The van der Waals surface area contributed by atoms with Crippen molar-refractivity contribution in [3.8, 4) is 0 Å². The van der Waals surface area contributed by atoms with E-state index in [4.69, 9.17) is 0 Å². The number of nitrogens with zero attached hydrogens (tertiary/aromatic N) is 1. The van der Waals surface area contributed by atoms with E-state index in [0.717, 1.165) is 0 Å². The van der Waals surface area contributed by atoms with E-state index >= 15 is 0 Å². The number of carbonyl (C=O) groups is 2. The van der Waals surface area contributed by atoms with Crippen molar-refractivity contribution in [1.82, 2.24) is 10.2 Å². The van der Waals surface area contributed by atoms with Crippen LogP contribution in [0.4, 0.5) is 18.0 Å². The van der Waals surface area contributed by atoms with Crippen LogP contribution in [0, 0.1) is 5.92 Å². The fourth-order valence-corrected chi connectivity index (χ4v) is 2.26. The van der Waals surface area contributed by atoms with Crippen LogP contribution in [0.5, 0.6) is 0 Å². The normalized spacial score (nSPS) is 26.4. The summed E-state index contributed by atoms with van der Waals surface area (Å²) >= 11 is 3.20. The molecule has 1 rings (SSSR count). The van der Waals surface area contributed by atoms with Gasteiger partial charge in [-0.15, -0.1) is 0 Å². The van der Waals surface area contributed by atoms with Gasteiger partial charge in [0.2, 0.25) is 5.54 Å². The molecule has 0 spiro atoms. The van der Waals surface area contributed by atoms with Gasteiger partial charge in [0.15, 0.2) is 0 Å². The molecule has 1 aliphatic heterocycles. The van der Waals surface area contributed by atoms with Gasteiger partial charge < -0.3 is 5.32 Å². The van der Waals surface area contributed by atoms with E-state index in [0.29, 0.717) is 23.6 Å². The summed E-state index contributed by atoms with van der Waals surface area (Å²) in [6.45, 7) is 2.51. The van der Waals surface area contributed by atoms with Crippen LogP contribution in [0.15, 0.2) is 0 Å². The molecular formula is C10H14BrF3N2O2. The fraction of sp³-hybridized carbons (Fsp3) is 0.800. The summed E-state index contributed by atoms with van der Waals surface area (Å²) in [5, 5.41) is 2.24. The first kappa shape index (κ1) is 15.3. The van der Waals surface area contributed by atoms with Gasteiger partial charge in [-0.05, 0) is 12.8 Å². The van der Waals surface area contributed by atoms with E-state index in [1.165, 1.54) is 0 Å². The second-order valence-electron chi connectivity index (χ2n) is 4.40. The summed E-state index contributed by atoms with van der Waals surface area (Å²) in [5.74, 6) is -1.30. The molecule has 1 saturated heterocycles. The van der Waals surface area contributed by atoms with Crippen molar-refractivity contribution in [2.75, 3.05) is 11.9 Å². The minimum absolute atomic E-state index is 0.0158. The number of urea groups is 1. The molecule has 3 amide bonds. The molecule has 1 heterocycles. The van der Waals surface area contributed by atoms with Gasteiger partial charge in [-0.25, -0.2) is 4.79 Å². The summed E-state index contributed by atoms with van der Waals surface area (Å²) in [4.78, 5) is 23.9. The number of amides is 3. The SMILES string of the molecule is CCC(CBr)CN1C(=O)NC(C)(C(F)(F)F)C1=O. The van der Waals surface area contributed by atoms with E-state index in [1.54, 1.807) is 5.32 Å². The Balaban J connectivity index is 2.92. The lowest BCUT2D eigenvalue weighted by Crippen LogP contribution is -2.56. The van der Waals surface area contributed by atoms with Gasteiger partial charge in [0, 0.05) is 11.9 Å². The Morgan fingerprint density at radius 2 is 2.00 bits per heavy atom. The summed E-state index contributed by atoms with van der Waals surface area (Å²) < 4.78 is 38.3. The minimum Gasteiger partial charge on any atom is -0.316 e. The molecule has 104 valence electrons. The standard InChI is InChI=1S/C10H14BrF3N2O2/c1-3-6(4-11)5-16-7(17)9(2,10(12,13)14)15-8(16)18/h6H,3-5H2,1-2H3,(H,15,18). The topological polar surface area (TPSA) is 49.4 Å². The zero-order valence-electron chi connectivity index (χ0n) is 9.97. The molecule has 2 atom stereocenters. The molecule has 0 bridgehead atoms. The van der Waals surface area contributed by atoms with Gasteiger partial charge in [0.05, 0.1) is 0 Å². The third kappa shape index (κ3) is 2.48. The highest BCUT2D eigenvalue weighted by Gasteiger charge is 2.64. The van der Waals surface area contributed by atoms with Crippen LogP contribution in [0.1, 0.15) is 20.3 Å². The second kappa shape index (κ2) is 5.07. The van der Waals surface area contributed by atoms with E-state index < -0.39 is 23.7 Å². The van der Waals surface area contributed by atoms with Crippen LogP contribution < -0.4 is 5.32 Å². The lowest BCUT2D eigenvalue weighted by atomic mass is 10.0. The Morgan fingerprint density at radius 3 is 2.33 bits per heavy atom. The zero-order chi connectivity index (χ0) is 14.1. The molecule has 2 unspecified atom stereocenters. The van der Waals surface area contributed by atoms with Gasteiger partial charge in [-0.2, -0.15) is 13.2 Å². The van der Waals surface area contributed by atoms with Crippen molar-refractivity contribution in [3.05, 3.63) is 0 Å². The average molecular weight is 331 g/mol. The first-order valence-corrected chi connectivity index (χ1v) is 6.56. The quantitative estimate of drug-likeness (QED) is 0.635. The number of carbonyl (C=O) groups excluding carboxylic acids is 2. The van der Waals surface area contributed by atoms with Crippen LogP contribution >= 0.6 is 15.9 Å². The molecular weight excluding hydrogens is 317 g/mol. The van der Waals surface area contributed by atoms with Crippen LogP contribution in [-0.4, -0.2) is 40.4 Å². The fourth-order valence-electron chi connectivity index (χ4n) is 1.60. The van der Waals surface area contributed by atoms with E-state index in [1.807, 2.05) is 6.92 Å². The highest BCUT2D eigenvalue weighted by molar-refractivity contribution is 9.09. The molecule has 0 aromatic heterocycles.